The second-order valence-corrected chi connectivity index (χ2v) is 7.66. The van der Waals surface area contributed by atoms with Gasteiger partial charge in [0.25, 0.3) is 0 Å². The quantitative estimate of drug-likeness (QED) is 0.509. The Morgan fingerprint density at radius 2 is 1.73 bits per heavy atom. The molecule has 1 saturated heterocycles. The van der Waals surface area contributed by atoms with Gasteiger partial charge in [-0.3, -0.25) is 4.40 Å². The van der Waals surface area contributed by atoms with E-state index in [-0.39, 0.29) is 0 Å². The van der Waals surface area contributed by atoms with Crippen LogP contribution in [0.5, 0.6) is 0 Å². The van der Waals surface area contributed by atoms with E-state index >= 15 is 0 Å². The summed E-state index contributed by atoms with van der Waals surface area (Å²) in [5, 5.41) is 2.08. The number of imidazole rings is 1. The van der Waals surface area contributed by atoms with Crippen LogP contribution >= 0.6 is 11.3 Å². The van der Waals surface area contributed by atoms with Crippen LogP contribution in [0.2, 0.25) is 0 Å². The third-order valence-electron chi connectivity index (χ3n) is 5.05. The molecule has 0 aliphatic carbocycles. The summed E-state index contributed by atoms with van der Waals surface area (Å²) in [7, 11) is 0. The molecule has 0 spiro atoms. The fourth-order valence-electron chi connectivity index (χ4n) is 3.65. The lowest BCUT2D eigenvalue weighted by molar-refractivity contribution is 0.578. The van der Waals surface area contributed by atoms with E-state index in [1.54, 1.807) is 11.3 Å². The van der Waals surface area contributed by atoms with E-state index in [0.717, 1.165) is 17.0 Å². The molecule has 0 amide bonds. The van der Waals surface area contributed by atoms with Crippen molar-refractivity contribution in [2.75, 3.05) is 18.0 Å². The second-order valence-electron chi connectivity index (χ2n) is 6.72. The van der Waals surface area contributed by atoms with Crippen LogP contribution < -0.4 is 4.90 Å². The first-order valence-electron chi connectivity index (χ1n) is 9.11. The molecule has 0 radical (unpaired) electrons. The van der Waals surface area contributed by atoms with Crippen LogP contribution in [0, 0.1) is 0 Å². The van der Waals surface area contributed by atoms with Crippen molar-refractivity contribution in [2.24, 2.45) is 0 Å². The lowest BCUT2D eigenvalue weighted by atomic mass is 10.1. The molecule has 4 heterocycles. The third-order valence-corrected chi connectivity index (χ3v) is 5.95. The highest BCUT2D eigenvalue weighted by Crippen LogP contribution is 2.28. The average molecular weight is 360 g/mol. The maximum Gasteiger partial charge on any atom is 0.155 e. The SMILES string of the molecule is c1csc(-c2cn3c(-c4ccc(N5CCCCC5)cc4)cnc3cn2)c1. The Hall–Kier alpha value is -2.66. The summed E-state index contributed by atoms with van der Waals surface area (Å²) in [4.78, 5) is 12.7. The summed E-state index contributed by atoms with van der Waals surface area (Å²) in [6.45, 7) is 2.34. The number of aromatic nitrogens is 3. The number of piperidine rings is 1. The summed E-state index contributed by atoms with van der Waals surface area (Å²) < 4.78 is 2.14. The van der Waals surface area contributed by atoms with Gasteiger partial charge in [0.1, 0.15) is 0 Å². The van der Waals surface area contributed by atoms with Crippen molar-refractivity contribution in [3.05, 3.63) is 60.4 Å². The van der Waals surface area contributed by atoms with E-state index in [1.165, 1.54) is 48.5 Å². The first-order valence-corrected chi connectivity index (χ1v) is 9.99. The van der Waals surface area contributed by atoms with Gasteiger partial charge in [-0.2, -0.15) is 0 Å². The molecule has 0 bridgehead atoms. The molecular weight excluding hydrogens is 340 g/mol. The van der Waals surface area contributed by atoms with E-state index in [1.807, 2.05) is 12.4 Å². The van der Waals surface area contributed by atoms with Crippen molar-refractivity contribution in [1.29, 1.82) is 0 Å². The predicted molar refractivity (Wildman–Crippen MR) is 108 cm³/mol. The molecule has 1 aromatic carbocycles. The zero-order valence-corrected chi connectivity index (χ0v) is 15.3. The highest BCUT2D eigenvalue weighted by atomic mass is 32.1. The zero-order chi connectivity index (χ0) is 17.3. The van der Waals surface area contributed by atoms with E-state index in [2.05, 4.69) is 67.2 Å². The smallest absolute Gasteiger partial charge is 0.155 e. The van der Waals surface area contributed by atoms with Crippen LogP contribution in [0.15, 0.2) is 60.4 Å². The highest BCUT2D eigenvalue weighted by molar-refractivity contribution is 7.13. The minimum atomic E-state index is 0.875. The summed E-state index contributed by atoms with van der Waals surface area (Å²) >= 11 is 1.70. The van der Waals surface area contributed by atoms with Gasteiger partial charge in [-0.15, -0.1) is 11.3 Å². The molecule has 1 aliphatic rings. The Morgan fingerprint density at radius 1 is 0.885 bits per heavy atom. The highest BCUT2D eigenvalue weighted by Gasteiger charge is 2.12. The maximum atomic E-state index is 4.55. The van der Waals surface area contributed by atoms with Crippen LogP contribution in [0.25, 0.3) is 27.5 Å². The second kappa shape index (κ2) is 6.57. The minimum Gasteiger partial charge on any atom is -0.372 e. The molecule has 0 saturated carbocycles. The van der Waals surface area contributed by atoms with Gasteiger partial charge in [-0.25, -0.2) is 9.97 Å². The summed E-state index contributed by atoms with van der Waals surface area (Å²) in [5.74, 6) is 0. The molecule has 0 atom stereocenters. The lowest BCUT2D eigenvalue weighted by Gasteiger charge is -2.28. The monoisotopic (exact) mass is 360 g/mol. The van der Waals surface area contributed by atoms with Gasteiger partial charge in [-0.05, 0) is 42.8 Å². The fraction of sp³-hybridized carbons (Fsp3) is 0.238. The van der Waals surface area contributed by atoms with Gasteiger partial charge in [0, 0.05) is 30.5 Å². The molecule has 130 valence electrons. The van der Waals surface area contributed by atoms with E-state index in [0.29, 0.717) is 0 Å². The number of fused-ring (bicyclic) bond motifs is 1. The summed E-state index contributed by atoms with van der Waals surface area (Å²) in [6.07, 6.45) is 9.83. The Bertz CT molecular complexity index is 1010. The molecule has 1 aliphatic heterocycles. The number of benzene rings is 1. The molecule has 0 N–H and O–H groups in total. The number of hydrogen-bond acceptors (Lipinski definition) is 4. The van der Waals surface area contributed by atoms with Crippen molar-refractivity contribution in [3.63, 3.8) is 0 Å². The first kappa shape index (κ1) is 15.6. The first-order chi connectivity index (χ1) is 12.9. The van der Waals surface area contributed by atoms with Gasteiger partial charge in [-0.1, -0.05) is 18.2 Å². The molecular formula is C21H20N4S. The maximum absolute atomic E-state index is 4.55. The number of hydrogen-bond donors (Lipinski definition) is 0. The zero-order valence-electron chi connectivity index (χ0n) is 14.5. The lowest BCUT2D eigenvalue weighted by Crippen LogP contribution is -2.29. The summed E-state index contributed by atoms with van der Waals surface area (Å²) in [5.41, 5.74) is 5.47. The van der Waals surface area contributed by atoms with Gasteiger partial charge in [0.05, 0.1) is 28.7 Å². The topological polar surface area (TPSA) is 33.4 Å². The number of nitrogens with zero attached hydrogens (tertiary/aromatic N) is 4. The van der Waals surface area contributed by atoms with Crippen molar-refractivity contribution >= 4 is 22.7 Å². The molecule has 4 nitrogen and oxygen atoms in total. The van der Waals surface area contributed by atoms with Crippen LogP contribution in [-0.4, -0.2) is 27.5 Å². The molecule has 4 aromatic rings. The van der Waals surface area contributed by atoms with Crippen molar-refractivity contribution in [2.45, 2.75) is 19.3 Å². The minimum absolute atomic E-state index is 0.875. The largest absolute Gasteiger partial charge is 0.372 e. The van der Waals surface area contributed by atoms with Gasteiger partial charge < -0.3 is 4.90 Å². The standard InChI is InChI=1S/C21H20N4S/c1-2-10-24(11-3-1)17-8-6-16(7-9-17)19-13-23-21-14-22-18(15-25(19)21)20-5-4-12-26-20/h4-9,12-15H,1-3,10-11H2. The summed E-state index contributed by atoms with van der Waals surface area (Å²) in [6, 6.07) is 13.0. The van der Waals surface area contributed by atoms with Crippen LogP contribution in [-0.2, 0) is 0 Å². The van der Waals surface area contributed by atoms with Crippen molar-refractivity contribution in [1.82, 2.24) is 14.4 Å². The van der Waals surface area contributed by atoms with Crippen LogP contribution in [0.1, 0.15) is 19.3 Å². The fourth-order valence-corrected chi connectivity index (χ4v) is 4.34. The van der Waals surface area contributed by atoms with Gasteiger partial charge in [0.2, 0.25) is 0 Å². The van der Waals surface area contributed by atoms with Gasteiger partial charge >= 0.3 is 0 Å². The predicted octanol–water partition coefficient (Wildman–Crippen LogP) is 5.12. The van der Waals surface area contributed by atoms with Crippen LogP contribution in [0.3, 0.4) is 0 Å². The Balaban J connectivity index is 1.51. The molecule has 5 heteroatoms. The van der Waals surface area contributed by atoms with E-state index in [9.17, 15) is 0 Å². The normalized spacial score (nSPS) is 14.8. The third kappa shape index (κ3) is 2.78. The van der Waals surface area contributed by atoms with Gasteiger partial charge in [0.15, 0.2) is 5.65 Å². The van der Waals surface area contributed by atoms with Crippen molar-refractivity contribution in [3.8, 4) is 21.8 Å². The molecule has 5 rings (SSSR count). The Morgan fingerprint density at radius 3 is 2.50 bits per heavy atom. The number of thiophene rings is 1. The average Bonchev–Trinajstić information content (AvgIpc) is 3.38. The Kier molecular flexibility index (Phi) is 3.94. The molecule has 3 aromatic heterocycles. The number of anilines is 1. The van der Waals surface area contributed by atoms with Crippen molar-refractivity contribution < 1.29 is 0 Å². The molecule has 26 heavy (non-hydrogen) atoms. The number of rotatable bonds is 3. The Labute approximate surface area is 156 Å². The molecule has 1 fully saturated rings. The molecule has 0 unspecified atom stereocenters. The van der Waals surface area contributed by atoms with E-state index < -0.39 is 0 Å². The van der Waals surface area contributed by atoms with E-state index in [4.69, 9.17) is 0 Å². The van der Waals surface area contributed by atoms with Crippen LogP contribution in [0.4, 0.5) is 5.69 Å².